The van der Waals surface area contributed by atoms with Crippen molar-refractivity contribution in [3.05, 3.63) is 11.9 Å². The van der Waals surface area contributed by atoms with E-state index >= 15 is 0 Å². The summed E-state index contributed by atoms with van der Waals surface area (Å²) in [6.45, 7) is 2.21. The summed E-state index contributed by atoms with van der Waals surface area (Å²) in [6, 6.07) is 0. The smallest absolute Gasteiger partial charge is 0.107 e. The van der Waals surface area contributed by atoms with Crippen LogP contribution in [0.1, 0.15) is 89.4 Å². The fraction of sp³-hybridized carbons (Fsp3) is 0.895. The standard InChI is InChI=1S/C19H32F2/c1-2-3-4-5-15-6-8-16(9-7-15)10-11-17-12-18(20)14-19(21)13-17/h12,15-17,19H,2-11,13-14H2,1H3/i13D2,17D,19D. The van der Waals surface area contributed by atoms with E-state index in [9.17, 15) is 8.78 Å². The zero-order chi connectivity index (χ0) is 18.7. The van der Waals surface area contributed by atoms with Crippen LogP contribution in [0.5, 0.6) is 0 Å². The third-order valence-electron chi connectivity index (χ3n) is 4.96. The van der Waals surface area contributed by atoms with Crippen molar-refractivity contribution in [2.75, 3.05) is 0 Å². The third kappa shape index (κ3) is 6.08. The van der Waals surface area contributed by atoms with Crippen LogP contribution in [0, 0.1) is 17.7 Å². The normalized spacial score (nSPS) is 46.0. The number of alkyl halides is 1. The van der Waals surface area contributed by atoms with Gasteiger partial charge in [0.05, 0.1) is 7.20 Å². The van der Waals surface area contributed by atoms with Crippen molar-refractivity contribution in [1.29, 1.82) is 0 Å². The number of hydrogen-bond acceptors (Lipinski definition) is 0. The van der Waals surface area contributed by atoms with Crippen molar-refractivity contribution >= 4 is 0 Å². The molecule has 0 aromatic heterocycles. The molecule has 21 heavy (non-hydrogen) atoms. The Labute approximate surface area is 135 Å². The summed E-state index contributed by atoms with van der Waals surface area (Å²) in [5.74, 6) is -1.69. The van der Waals surface area contributed by atoms with Gasteiger partial charge in [-0.1, -0.05) is 58.3 Å². The van der Waals surface area contributed by atoms with Gasteiger partial charge in [-0.05, 0) is 43.0 Å². The molecule has 2 aliphatic rings. The molecule has 0 aromatic carbocycles. The lowest BCUT2D eigenvalue weighted by atomic mass is 9.76. The van der Waals surface area contributed by atoms with Crippen molar-refractivity contribution < 1.29 is 14.3 Å². The molecule has 0 saturated heterocycles. The lowest BCUT2D eigenvalue weighted by Crippen LogP contribution is -2.18. The molecular formula is C19H32F2. The molecule has 2 atom stereocenters. The van der Waals surface area contributed by atoms with Crippen molar-refractivity contribution in [3.8, 4) is 0 Å². The predicted molar refractivity (Wildman–Crippen MR) is 85.6 cm³/mol. The van der Waals surface area contributed by atoms with E-state index in [1.54, 1.807) is 0 Å². The lowest BCUT2D eigenvalue weighted by molar-refractivity contribution is 0.217. The van der Waals surface area contributed by atoms with Crippen LogP contribution in [0.2, 0.25) is 0 Å². The van der Waals surface area contributed by atoms with Gasteiger partial charge >= 0.3 is 0 Å². The molecular weight excluding hydrogens is 266 g/mol. The average Bonchev–Trinajstić information content (AvgIpc) is 2.52. The van der Waals surface area contributed by atoms with E-state index in [2.05, 4.69) is 6.92 Å². The molecule has 122 valence electrons. The highest BCUT2D eigenvalue weighted by Gasteiger charge is 2.25. The molecule has 0 radical (unpaired) electrons. The second kappa shape index (κ2) is 8.90. The van der Waals surface area contributed by atoms with Crippen LogP contribution < -0.4 is 0 Å². The van der Waals surface area contributed by atoms with Gasteiger partial charge in [0.2, 0.25) is 0 Å². The minimum Gasteiger partial charge on any atom is -0.247 e. The van der Waals surface area contributed by atoms with E-state index in [-0.39, 0.29) is 6.42 Å². The van der Waals surface area contributed by atoms with Gasteiger partial charge in [0.15, 0.2) is 0 Å². The van der Waals surface area contributed by atoms with Gasteiger partial charge in [-0.2, -0.15) is 0 Å². The lowest BCUT2D eigenvalue weighted by Gasteiger charge is -2.30. The Morgan fingerprint density at radius 1 is 1.14 bits per heavy atom. The van der Waals surface area contributed by atoms with Crippen molar-refractivity contribution in [3.63, 3.8) is 0 Å². The molecule has 0 aliphatic heterocycles. The Balaban J connectivity index is 1.87. The van der Waals surface area contributed by atoms with Crippen LogP contribution >= 0.6 is 0 Å². The Bertz CT molecular complexity index is 470. The first kappa shape index (κ1) is 12.1. The zero-order valence-corrected chi connectivity index (χ0v) is 13.3. The fourth-order valence-electron chi connectivity index (χ4n) is 3.63. The molecule has 2 unspecified atom stereocenters. The molecule has 0 aromatic rings. The largest absolute Gasteiger partial charge is 0.247 e. The summed E-state index contributed by atoms with van der Waals surface area (Å²) in [4.78, 5) is 0. The maximum Gasteiger partial charge on any atom is 0.107 e. The summed E-state index contributed by atoms with van der Waals surface area (Å²) < 4.78 is 59.6. The first-order chi connectivity index (χ1) is 11.6. The molecule has 0 N–H and O–H groups in total. The number of rotatable bonds is 7. The van der Waals surface area contributed by atoms with Gasteiger partial charge in [0.25, 0.3) is 0 Å². The minimum absolute atomic E-state index is 0.0726. The van der Waals surface area contributed by atoms with Crippen LogP contribution in [0.25, 0.3) is 0 Å². The van der Waals surface area contributed by atoms with E-state index in [1.165, 1.54) is 38.5 Å². The average molecular weight is 302 g/mol. The summed E-state index contributed by atoms with van der Waals surface area (Å²) in [5, 5.41) is 0. The van der Waals surface area contributed by atoms with Gasteiger partial charge in [0, 0.05) is 10.5 Å². The highest BCUT2D eigenvalue weighted by Crippen LogP contribution is 2.36. The Morgan fingerprint density at radius 3 is 2.48 bits per heavy atom. The van der Waals surface area contributed by atoms with Crippen molar-refractivity contribution in [2.24, 2.45) is 17.7 Å². The number of unbranched alkanes of at least 4 members (excludes halogenated alkanes) is 2. The second-order valence-electron chi connectivity index (χ2n) is 6.74. The second-order valence-corrected chi connectivity index (χ2v) is 6.74. The quantitative estimate of drug-likeness (QED) is 0.456. The minimum atomic E-state index is -3.08. The van der Waals surface area contributed by atoms with E-state index in [1.807, 2.05) is 0 Å². The third-order valence-corrected chi connectivity index (χ3v) is 4.96. The monoisotopic (exact) mass is 302 g/mol. The molecule has 0 amide bonds. The SMILES string of the molecule is [2H]C1(F)CC(F)=CC([2H])(CCC2CCC(CCCCC)CC2)C1([2H])[2H]. The summed E-state index contributed by atoms with van der Waals surface area (Å²) >= 11 is 0. The van der Waals surface area contributed by atoms with Crippen LogP contribution in [-0.2, 0) is 0 Å². The Morgan fingerprint density at radius 2 is 1.81 bits per heavy atom. The van der Waals surface area contributed by atoms with Crippen molar-refractivity contribution in [1.82, 2.24) is 0 Å². The number of hydrogen-bond donors (Lipinski definition) is 0. The van der Waals surface area contributed by atoms with Gasteiger partial charge in [-0.25, -0.2) is 8.78 Å². The summed E-state index contributed by atoms with van der Waals surface area (Å²) in [6.07, 6.45) is 4.45. The molecule has 1 saturated carbocycles. The molecule has 0 bridgehead atoms. The van der Waals surface area contributed by atoms with Gasteiger partial charge < -0.3 is 0 Å². The molecule has 0 nitrogen and oxygen atoms in total. The van der Waals surface area contributed by atoms with Gasteiger partial charge in [0.1, 0.15) is 6.15 Å². The highest BCUT2D eigenvalue weighted by atomic mass is 19.1. The molecule has 2 heteroatoms. The first-order valence-electron chi connectivity index (χ1n) is 10.7. The Kier molecular flexibility index (Phi) is 5.12. The van der Waals surface area contributed by atoms with Crippen LogP contribution in [-0.4, -0.2) is 6.15 Å². The maximum atomic E-state index is 14.2. The molecule has 1 fully saturated rings. The van der Waals surface area contributed by atoms with Crippen LogP contribution in [0.3, 0.4) is 0 Å². The van der Waals surface area contributed by atoms with Crippen LogP contribution in [0.4, 0.5) is 8.78 Å². The number of halogens is 2. The predicted octanol–water partition coefficient (Wildman–Crippen LogP) is 6.75. The fourth-order valence-corrected chi connectivity index (χ4v) is 3.63. The molecule has 2 aliphatic carbocycles. The summed E-state index contributed by atoms with van der Waals surface area (Å²) in [7, 11) is 0. The molecule has 2 rings (SSSR count). The topological polar surface area (TPSA) is 0 Å². The Hall–Kier alpha value is -0.400. The van der Waals surface area contributed by atoms with Gasteiger partial charge in [-0.3, -0.25) is 0 Å². The van der Waals surface area contributed by atoms with Crippen LogP contribution in [0.15, 0.2) is 11.9 Å². The van der Waals surface area contributed by atoms with E-state index in [0.717, 1.165) is 24.8 Å². The summed E-state index contributed by atoms with van der Waals surface area (Å²) in [5.41, 5.74) is 0. The van der Waals surface area contributed by atoms with E-state index in [4.69, 9.17) is 5.48 Å². The maximum absolute atomic E-state index is 14.2. The highest BCUT2D eigenvalue weighted by molar-refractivity contribution is 5.03. The number of allylic oxidation sites excluding steroid dienone is 2. The van der Waals surface area contributed by atoms with E-state index in [0.29, 0.717) is 12.3 Å². The van der Waals surface area contributed by atoms with Gasteiger partial charge in [-0.15, -0.1) is 0 Å². The van der Waals surface area contributed by atoms with Crippen molar-refractivity contribution in [2.45, 2.75) is 90.1 Å². The first-order valence-corrected chi connectivity index (χ1v) is 8.67. The molecule has 0 spiro atoms. The molecule has 0 heterocycles. The zero-order valence-electron chi connectivity index (χ0n) is 17.3. The van der Waals surface area contributed by atoms with E-state index < -0.39 is 30.7 Å².